The van der Waals surface area contributed by atoms with E-state index >= 15 is 0 Å². The summed E-state index contributed by atoms with van der Waals surface area (Å²) in [5, 5.41) is 19.4. The summed E-state index contributed by atoms with van der Waals surface area (Å²) in [4.78, 5) is 34.5. The number of fused-ring (bicyclic) bond motifs is 1. The second-order valence-corrected chi connectivity index (χ2v) is 6.11. The van der Waals surface area contributed by atoms with E-state index in [2.05, 4.69) is 5.32 Å². The minimum atomic E-state index is -1.05. The van der Waals surface area contributed by atoms with Gasteiger partial charge in [0, 0.05) is 10.9 Å². The number of furan rings is 1. The Morgan fingerprint density at radius 3 is 2.85 bits per heavy atom. The lowest BCUT2D eigenvalue weighted by molar-refractivity contribution is -0.140. The minimum absolute atomic E-state index is 0.00730. The van der Waals surface area contributed by atoms with Crippen molar-refractivity contribution in [3.63, 3.8) is 0 Å². The zero-order chi connectivity index (χ0) is 18.8. The van der Waals surface area contributed by atoms with Crippen LogP contribution in [0.15, 0.2) is 28.7 Å². The predicted octanol–water partition coefficient (Wildman–Crippen LogP) is 0.853. The molecular weight excluding hydrogens is 342 g/mol. The highest BCUT2D eigenvalue weighted by Gasteiger charge is 2.34. The maximum absolute atomic E-state index is 12.1. The first-order chi connectivity index (χ1) is 12.3. The molecule has 0 bridgehead atoms. The molecular formula is C17H17N3O6. The van der Waals surface area contributed by atoms with Gasteiger partial charge in [0.05, 0.1) is 18.4 Å². The molecule has 9 heteroatoms. The summed E-state index contributed by atoms with van der Waals surface area (Å²) in [6, 6.07) is 5.91. The normalized spacial score (nSPS) is 19.3. The largest absolute Gasteiger partial charge is 0.481 e. The van der Waals surface area contributed by atoms with E-state index in [-0.39, 0.29) is 30.5 Å². The summed E-state index contributed by atoms with van der Waals surface area (Å²) in [7, 11) is 0. The van der Waals surface area contributed by atoms with Gasteiger partial charge < -0.3 is 25.3 Å². The van der Waals surface area contributed by atoms with Crippen molar-refractivity contribution in [2.75, 3.05) is 6.61 Å². The van der Waals surface area contributed by atoms with Gasteiger partial charge in [-0.05, 0) is 30.7 Å². The molecule has 0 radical (unpaired) electrons. The first kappa shape index (κ1) is 17.5. The van der Waals surface area contributed by atoms with Crippen molar-refractivity contribution < 1.29 is 28.6 Å². The molecule has 1 aliphatic rings. The predicted molar refractivity (Wildman–Crippen MR) is 89.8 cm³/mol. The van der Waals surface area contributed by atoms with E-state index in [1.807, 2.05) is 0 Å². The first-order valence-electron chi connectivity index (χ1n) is 7.90. The molecule has 5 N–H and O–H groups in total. The average Bonchev–Trinajstić information content (AvgIpc) is 3.15. The Morgan fingerprint density at radius 1 is 1.38 bits per heavy atom. The molecule has 1 amide bonds. The van der Waals surface area contributed by atoms with Gasteiger partial charge in [0.15, 0.2) is 0 Å². The summed E-state index contributed by atoms with van der Waals surface area (Å²) >= 11 is 0. The zero-order valence-corrected chi connectivity index (χ0v) is 13.7. The number of carbonyl (C=O) groups is 3. The van der Waals surface area contributed by atoms with E-state index in [9.17, 15) is 14.4 Å². The Kier molecular flexibility index (Phi) is 4.61. The van der Waals surface area contributed by atoms with Crippen LogP contribution in [0.4, 0.5) is 0 Å². The maximum Gasteiger partial charge on any atom is 0.374 e. The van der Waals surface area contributed by atoms with Crippen LogP contribution in [0.5, 0.6) is 0 Å². The Balaban J connectivity index is 1.62. The lowest BCUT2D eigenvalue weighted by atomic mass is 10.0. The van der Waals surface area contributed by atoms with Crippen LogP contribution in [0.25, 0.3) is 11.0 Å². The number of hydrogen-bond acceptors (Lipinski definition) is 6. The van der Waals surface area contributed by atoms with Crippen molar-refractivity contribution in [2.45, 2.75) is 18.9 Å². The summed E-state index contributed by atoms with van der Waals surface area (Å²) in [5.41, 5.74) is 6.40. The number of ether oxygens (including phenoxy) is 1. The van der Waals surface area contributed by atoms with Crippen molar-refractivity contribution in [2.24, 2.45) is 11.7 Å². The molecule has 2 heterocycles. The van der Waals surface area contributed by atoms with Gasteiger partial charge in [0.2, 0.25) is 11.7 Å². The van der Waals surface area contributed by atoms with Crippen molar-refractivity contribution in [3.8, 4) is 0 Å². The number of aliphatic carboxylic acids is 1. The number of nitrogens with one attached hydrogen (secondary N) is 2. The quantitative estimate of drug-likeness (QED) is 0.338. The molecule has 0 spiro atoms. The van der Waals surface area contributed by atoms with Gasteiger partial charge in [-0.15, -0.1) is 0 Å². The van der Waals surface area contributed by atoms with Gasteiger partial charge in [-0.3, -0.25) is 15.0 Å². The van der Waals surface area contributed by atoms with Crippen LogP contribution < -0.4 is 11.1 Å². The third-order valence-electron chi connectivity index (χ3n) is 4.15. The van der Waals surface area contributed by atoms with Crippen LogP contribution in [-0.2, 0) is 14.3 Å². The van der Waals surface area contributed by atoms with Crippen LogP contribution in [0, 0.1) is 11.3 Å². The van der Waals surface area contributed by atoms with Crippen LogP contribution >= 0.6 is 0 Å². The SMILES string of the molecule is N=C(N)c1ccc2oc(C(=O)OCC3CC(CC(=O)O)C(=O)N3)cc2c1. The molecule has 1 aromatic carbocycles. The molecule has 1 aromatic heterocycles. The fraction of sp³-hybridized carbons (Fsp3) is 0.294. The molecule has 2 aromatic rings. The van der Waals surface area contributed by atoms with Crippen molar-refractivity contribution in [1.29, 1.82) is 5.41 Å². The smallest absolute Gasteiger partial charge is 0.374 e. The van der Waals surface area contributed by atoms with Crippen molar-refractivity contribution >= 4 is 34.7 Å². The number of benzene rings is 1. The Labute approximate surface area is 147 Å². The summed E-state index contributed by atoms with van der Waals surface area (Å²) in [5.74, 6) is -2.81. The van der Waals surface area contributed by atoms with Gasteiger partial charge in [0.1, 0.15) is 18.0 Å². The molecule has 0 aliphatic carbocycles. The van der Waals surface area contributed by atoms with Crippen LogP contribution in [0.1, 0.15) is 29.0 Å². The number of hydrogen-bond donors (Lipinski definition) is 4. The highest BCUT2D eigenvalue weighted by molar-refractivity contribution is 6.00. The molecule has 1 aliphatic heterocycles. The van der Waals surface area contributed by atoms with Gasteiger partial charge in [-0.2, -0.15) is 0 Å². The van der Waals surface area contributed by atoms with Gasteiger partial charge in [-0.25, -0.2) is 4.79 Å². The molecule has 2 unspecified atom stereocenters. The number of nitrogens with two attached hydrogens (primary N) is 1. The third kappa shape index (κ3) is 3.66. The molecule has 0 saturated carbocycles. The number of carboxylic acids is 1. The second kappa shape index (κ2) is 6.87. The number of carbonyl (C=O) groups excluding carboxylic acids is 2. The Morgan fingerprint density at radius 2 is 2.15 bits per heavy atom. The van der Waals surface area contributed by atoms with Crippen molar-refractivity contribution in [3.05, 3.63) is 35.6 Å². The number of esters is 1. The van der Waals surface area contributed by atoms with E-state index in [1.54, 1.807) is 18.2 Å². The molecule has 1 fully saturated rings. The second-order valence-electron chi connectivity index (χ2n) is 6.11. The molecule has 26 heavy (non-hydrogen) atoms. The van der Waals surface area contributed by atoms with Gasteiger partial charge in [0.25, 0.3) is 0 Å². The van der Waals surface area contributed by atoms with Crippen LogP contribution in [0.2, 0.25) is 0 Å². The highest BCUT2D eigenvalue weighted by atomic mass is 16.5. The summed E-state index contributed by atoms with van der Waals surface area (Å²) in [6.07, 6.45) is 0.0405. The number of rotatable bonds is 6. The maximum atomic E-state index is 12.1. The fourth-order valence-electron chi connectivity index (χ4n) is 2.88. The van der Waals surface area contributed by atoms with E-state index in [1.165, 1.54) is 6.07 Å². The molecule has 3 rings (SSSR count). The minimum Gasteiger partial charge on any atom is -0.481 e. The Bertz CT molecular complexity index is 903. The van der Waals surface area contributed by atoms with Crippen LogP contribution in [0.3, 0.4) is 0 Å². The topological polar surface area (TPSA) is 156 Å². The number of nitrogen functional groups attached to an aromatic ring is 1. The fourth-order valence-corrected chi connectivity index (χ4v) is 2.88. The highest BCUT2D eigenvalue weighted by Crippen LogP contribution is 2.23. The summed E-state index contributed by atoms with van der Waals surface area (Å²) in [6.45, 7) is -0.0730. The zero-order valence-electron chi connectivity index (χ0n) is 13.7. The lowest BCUT2D eigenvalue weighted by Crippen LogP contribution is -2.31. The molecule has 1 saturated heterocycles. The van der Waals surface area contributed by atoms with Crippen LogP contribution in [-0.4, -0.2) is 41.4 Å². The monoisotopic (exact) mass is 359 g/mol. The van der Waals surface area contributed by atoms with E-state index in [0.717, 1.165) is 0 Å². The average molecular weight is 359 g/mol. The van der Waals surface area contributed by atoms with Crippen molar-refractivity contribution in [1.82, 2.24) is 5.32 Å². The molecule has 2 atom stereocenters. The number of amides is 1. The molecule has 136 valence electrons. The number of carboxylic acid groups (broad SMARTS) is 1. The standard InChI is InChI=1S/C17H17N3O6/c18-15(19)8-1-2-12-9(3-8)5-13(26-12)17(24)25-7-11-4-10(6-14(21)22)16(23)20-11/h1-3,5,10-11H,4,6-7H2,(H3,18,19)(H,20,23)(H,21,22). The van der Waals surface area contributed by atoms with Gasteiger partial charge in [-0.1, -0.05) is 0 Å². The third-order valence-corrected chi connectivity index (χ3v) is 4.15. The Hall–Kier alpha value is -3.36. The van der Waals surface area contributed by atoms with E-state index < -0.39 is 23.9 Å². The number of amidine groups is 1. The first-order valence-corrected chi connectivity index (χ1v) is 7.90. The van der Waals surface area contributed by atoms with E-state index in [4.69, 9.17) is 25.4 Å². The van der Waals surface area contributed by atoms with E-state index in [0.29, 0.717) is 23.0 Å². The summed E-state index contributed by atoms with van der Waals surface area (Å²) < 4.78 is 10.6. The lowest BCUT2D eigenvalue weighted by Gasteiger charge is -2.09. The molecule has 9 nitrogen and oxygen atoms in total. The van der Waals surface area contributed by atoms with Gasteiger partial charge >= 0.3 is 11.9 Å².